The van der Waals surface area contributed by atoms with Crippen molar-refractivity contribution < 1.29 is 13.2 Å². The second-order valence-electron chi connectivity index (χ2n) is 4.02. The molecule has 0 aliphatic heterocycles. The van der Waals surface area contributed by atoms with Gasteiger partial charge < -0.3 is 11.1 Å². The molecular formula is C10H12F3N3. The summed E-state index contributed by atoms with van der Waals surface area (Å²) in [7, 11) is 0. The number of alkyl halides is 3. The van der Waals surface area contributed by atoms with Gasteiger partial charge in [-0.3, -0.25) is 0 Å². The van der Waals surface area contributed by atoms with E-state index < -0.39 is 11.9 Å². The molecule has 88 valence electrons. The van der Waals surface area contributed by atoms with E-state index in [9.17, 15) is 13.2 Å². The second kappa shape index (κ2) is 3.62. The maximum atomic E-state index is 12.4. The van der Waals surface area contributed by atoms with Crippen molar-refractivity contribution in [3.05, 3.63) is 23.9 Å². The van der Waals surface area contributed by atoms with Crippen LogP contribution in [0.1, 0.15) is 18.5 Å². The topological polar surface area (TPSA) is 50.9 Å². The minimum Gasteiger partial charge on any atom is -0.363 e. The molecule has 0 amide bonds. The molecule has 0 aromatic carbocycles. The predicted molar refractivity (Wildman–Crippen MR) is 53.9 cm³/mol. The Morgan fingerprint density at radius 2 is 2.06 bits per heavy atom. The van der Waals surface area contributed by atoms with Crippen LogP contribution in [0.5, 0.6) is 0 Å². The number of nitrogens with two attached hydrogens (primary N) is 1. The highest BCUT2D eigenvalue weighted by Crippen LogP contribution is 2.37. The van der Waals surface area contributed by atoms with Gasteiger partial charge >= 0.3 is 6.18 Å². The molecule has 1 saturated carbocycles. The lowest BCUT2D eigenvalue weighted by atomic mass is 10.2. The van der Waals surface area contributed by atoms with E-state index in [4.69, 9.17) is 5.73 Å². The van der Waals surface area contributed by atoms with Crippen LogP contribution in [-0.4, -0.2) is 17.1 Å². The highest BCUT2D eigenvalue weighted by molar-refractivity contribution is 5.41. The smallest absolute Gasteiger partial charge is 0.363 e. The average molecular weight is 231 g/mol. The van der Waals surface area contributed by atoms with E-state index in [2.05, 4.69) is 10.3 Å². The fraction of sp³-hybridized carbons (Fsp3) is 0.500. The van der Waals surface area contributed by atoms with Crippen molar-refractivity contribution in [2.45, 2.75) is 24.6 Å². The van der Waals surface area contributed by atoms with Gasteiger partial charge in [-0.05, 0) is 25.0 Å². The molecule has 0 radical (unpaired) electrons. The standard InChI is InChI=1S/C10H12F3N3/c11-10(12,13)7-2-1-3-8(15-7)16-9(6-14)4-5-9/h1-3H,4-6,14H2,(H,15,16). The van der Waals surface area contributed by atoms with Crippen molar-refractivity contribution in [2.24, 2.45) is 5.73 Å². The predicted octanol–water partition coefficient (Wildman–Crippen LogP) is 2.00. The van der Waals surface area contributed by atoms with Gasteiger partial charge in [0.1, 0.15) is 11.5 Å². The molecule has 0 bridgehead atoms. The summed E-state index contributed by atoms with van der Waals surface area (Å²) in [6, 6.07) is 3.81. The van der Waals surface area contributed by atoms with Gasteiger partial charge in [-0.15, -0.1) is 0 Å². The van der Waals surface area contributed by atoms with Crippen LogP contribution in [0.4, 0.5) is 19.0 Å². The molecule has 1 aliphatic carbocycles. The quantitative estimate of drug-likeness (QED) is 0.836. The lowest BCUT2D eigenvalue weighted by Gasteiger charge is -2.16. The molecule has 0 spiro atoms. The van der Waals surface area contributed by atoms with E-state index in [-0.39, 0.29) is 11.4 Å². The molecule has 0 saturated heterocycles. The molecule has 3 nitrogen and oxygen atoms in total. The summed E-state index contributed by atoms with van der Waals surface area (Å²) in [4.78, 5) is 3.53. The van der Waals surface area contributed by atoms with E-state index in [1.54, 1.807) is 0 Å². The number of nitrogens with one attached hydrogen (secondary N) is 1. The Labute approximate surface area is 90.9 Å². The SMILES string of the molecule is NCC1(Nc2cccc(C(F)(F)F)n2)CC1. The molecule has 16 heavy (non-hydrogen) atoms. The maximum Gasteiger partial charge on any atom is 0.433 e. The van der Waals surface area contributed by atoms with Crippen molar-refractivity contribution in [3.8, 4) is 0 Å². The van der Waals surface area contributed by atoms with Gasteiger partial charge in [0.25, 0.3) is 0 Å². The Hall–Kier alpha value is -1.30. The third-order valence-corrected chi connectivity index (χ3v) is 2.68. The van der Waals surface area contributed by atoms with Crippen molar-refractivity contribution in [2.75, 3.05) is 11.9 Å². The average Bonchev–Trinajstić information content (AvgIpc) is 2.98. The number of halogens is 3. The minimum atomic E-state index is -4.41. The Morgan fingerprint density at radius 3 is 2.56 bits per heavy atom. The monoisotopic (exact) mass is 231 g/mol. The Kier molecular flexibility index (Phi) is 2.53. The lowest BCUT2D eigenvalue weighted by Crippen LogP contribution is -2.31. The Bertz CT molecular complexity index is 385. The third kappa shape index (κ3) is 2.27. The van der Waals surface area contributed by atoms with Gasteiger partial charge in [-0.1, -0.05) is 6.07 Å². The van der Waals surface area contributed by atoms with Crippen molar-refractivity contribution >= 4 is 5.82 Å². The van der Waals surface area contributed by atoms with Crippen LogP contribution in [0.25, 0.3) is 0 Å². The Morgan fingerprint density at radius 1 is 1.38 bits per heavy atom. The fourth-order valence-electron chi connectivity index (χ4n) is 1.46. The highest BCUT2D eigenvalue weighted by atomic mass is 19.4. The Balaban J connectivity index is 2.17. The number of rotatable bonds is 3. The van der Waals surface area contributed by atoms with E-state index in [1.807, 2.05) is 0 Å². The van der Waals surface area contributed by atoms with Crippen LogP contribution in [0.15, 0.2) is 18.2 Å². The maximum absolute atomic E-state index is 12.4. The number of nitrogens with zero attached hydrogens (tertiary/aromatic N) is 1. The molecule has 6 heteroatoms. The van der Waals surface area contributed by atoms with Crippen molar-refractivity contribution in [1.82, 2.24) is 4.98 Å². The fourth-order valence-corrected chi connectivity index (χ4v) is 1.46. The summed E-state index contributed by atoms with van der Waals surface area (Å²) in [5.41, 5.74) is 4.41. The number of hydrogen-bond acceptors (Lipinski definition) is 3. The van der Waals surface area contributed by atoms with Crippen LogP contribution >= 0.6 is 0 Å². The second-order valence-corrected chi connectivity index (χ2v) is 4.02. The van der Waals surface area contributed by atoms with Gasteiger partial charge in [0.2, 0.25) is 0 Å². The molecule has 2 rings (SSSR count). The molecule has 0 atom stereocenters. The summed E-state index contributed by atoms with van der Waals surface area (Å²) in [6.45, 7) is 0.408. The van der Waals surface area contributed by atoms with Crippen LogP contribution in [0, 0.1) is 0 Å². The van der Waals surface area contributed by atoms with Crippen LogP contribution in [0.3, 0.4) is 0 Å². The van der Waals surface area contributed by atoms with Crippen molar-refractivity contribution in [3.63, 3.8) is 0 Å². The molecule has 1 aliphatic rings. The van der Waals surface area contributed by atoms with Crippen molar-refractivity contribution in [1.29, 1.82) is 0 Å². The summed E-state index contributed by atoms with van der Waals surface area (Å²) < 4.78 is 37.1. The number of hydrogen-bond donors (Lipinski definition) is 2. The number of aromatic nitrogens is 1. The molecule has 1 fully saturated rings. The van der Waals surface area contributed by atoms with Gasteiger partial charge in [0.05, 0.1) is 5.54 Å². The first-order valence-corrected chi connectivity index (χ1v) is 4.98. The molecule has 3 N–H and O–H groups in total. The van der Waals surface area contributed by atoms with E-state index >= 15 is 0 Å². The van der Waals surface area contributed by atoms with E-state index in [0.29, 0.717) is 6.54 Å². The summed E-state index contributed by atoms with van der Waals surface area (Å²) in [6.07, 6.45) is -2.65. The van der Waals surface area contributed by atoms with E-state index in [1.165, 1.54) is 12.1 Å². The highest BCUT2D eigenvalue weighted by Gasteiger charge is 2.42. The summed E-state index contributed by atoms with van der Waals surface area (Å²) >= 11 is 0. The number of pyridine rings is 1. The lowest BCUT2D eigenvalue weighted by molar-refractivity contribution is -0.141. The zero-order valence-corrected chi connectivity index (χ0v) is 8.51. The van der Waals surface area contributed by atoms with Gasteiger partial charge in [-0.2, -0.15) is 13.2 Å². The van der Waals surface area contributed by atoms with E-state index in [0.717, 1.165) is 18.9 Å². The molecular weight excluding hydrogens is 219 g/mol. The summed E-state index contributed by atoms with van der Waals surface area (Å²) in [5.74, 6) is 0.234. The zero-order valence-electron chi connectivity index (χ0n) is 8.51. The first-order chi connectivity index (χ1) is 7.45. The van der Waals surface area contributed by atoms with Crippen LogP contribution in [-0.2, 0) is 6.18 Å². The van der Waals surface area contributed by atoms with Crippen LogP contribution in [0.2, 0.25) is 0 Å². The molecule has 0 unspecified atom stereocenters. The third-order valence-electron chi connectivity index (χ3n) is 2.68. The normalized spacial score (nSPS) is 18.2. The van der Waals surface area contributed by atoms with Gasteiger partial charge in [0, 0.05) is 6.54 Å². The largest absolute Gasteiger partial charge is 0.433 e. The minimum absolute atomic E-state index is 0.234. The number of anilines is 1. The van der Waals surface area contributed by atoms with Gasteiger partial charge in [-0.25, -0.2) is 4.98 Å². The molecule has 1 aromatic rings. The van der Waals surface area contributed by atoms with Gasteiger partial charge in [0.15, 0.2) is 0 Å². The molecule has 1 aromatic heterocycles. The zero-order chi connectivity index (χ0) is 11.8. The first kappa shape index (κ1) is 11.2. The first-order valence-electron chi connectivity index (χ1n) is 4.98. The summed E-state index contributed by atoms with van der Waals surface area (Å²) in [5, 5.41) is 2.96. The molecule has 1 heterocycles. The van der Waals surface area contributed by atoms with Crippen LogP contribution < -0.4 is 11.1 Å².